The second-order valence-electron chi connectivity index (χ2n) is 6.93. The summed E-state index contributed by atoms with van der Waals surface area (Å²) in [6.45, 7) is 2.22. The van der Waals surface area contributed by atoms with Crippen LogP contribution in [0.2, 0.25) is 0 Å². The number of allylic oxidation sites excluding steroid dienone is 2. The predicted molar refractivity (Wildman–Crippen MR) is 95.1 cm³/mol. The summed E-state index contributed by atoms with van der Waals surface area (Å²) in [5.41, 5.74) is 2.11. The van der Waals surface area contributed by atoms with Crippen molar-refractivity contribution in [3.8, 4) is 0 Å². The van der Waals surface area contributed by atoms with E-state index in [1.165, 1.54) is 17.6 Å². The summed E-state index contributed by atoms with van der Waals surface area (Å²) in [6.07, 6.45) is 12.9. The van der Waals surface area contributed by atoms with Crippen LogP contribution >= 0.6 is 11.8 Å². The maximum absolute atomic E-state index is 11.0. The number of aliphatic hydroxyl groups is 1. The number of thioether (sulfide) groups is 1. The predicted octanol–water partition coefficient (Wildman–Crippen LogP) is 2.65. The summed E-state index contributed by atoms with van der Waals surface area (Å²) in [6, 6.07) is 0.445. The maximum atomic E-state index is 11.0. The summed E-state index contributed by atoms with van der Waals surface area (Å²) in [7, 11) is 4.26. The molecule has 0 radical (unpaired) electrons. The van der Waals surface area contributed by atoms with Crippen LogP contribution in [0.3, 0.4) is 0 Å². The second-order valence-corrected chi connectivity index (χ2v) is 8.16. The molecule has 22 heavy (non-hydrogen) atoms. The largest absolute Gasteiger partial charge is 0.385 e. The molecular formula is C18H28N2OS. The van der Waals surface area contributed by atoms with Gasteiger partial charge in [0.2, 0.25) is 0 Å². The summed E-state index contributed by atoms with van der Waals surface area (Å²) < 4.78 is 0. The lowest BCUT2D eigenvalue weighted by Crippen LogP contribution is -2.40. The highest BCUT2D eigenvalue weighted by Gasteiger charge is 2.37. The van der Waals surface area contributed by atoms with Gasteiger partial charge in [0.1, 0.15) is 0 Å². The molecule has 0 spiro atoms. The monoisotopic (exact) mass is 320 g/mol. The zero-order valence-electron chi connectivity index (χ0n) is 13.8. The van der Waals surface area contributed by atoms with Crippen molar-refractivity contribution in [2.24, 2.45) is 0 Å². The van der Waals surface area contributed by atoms with Gasteiger partial charge in [-0.05, 0) is 81.3 Å². The fourth-order valence-corrected chi connectivity index (χ4v) is 4.81. The SMILES string of the molecule is CN(C)CCCN1C=CC2=CC=C(C3(O)CCSCC3)CC21. The summed E-state index contributed by atoms with van der Waals surface area (Å²) in [5, 5.41) is 11.0. The van der Waals surface area contributed by atoms with E-state index in [-0.39, 0.29) is 0 Å². The van der Waals surface area contributed by atoms with Crippen molar-refractivity contribution >= 4 is 11.8 Å². The van der Waals surface area contributed by atoms with Crippen LogP contribution in [0.25, 0.3) is 0 Å². The maximum Gasteiger partial charge on any atom is 0.0876 e. The van der Waals surface area contributed by atoms with Crippen LogP contribution in [0.15, 0.2) is 35.6 Å². The number of nitrogens with zero attached hydrogens (tertiary/aromatic N) is 2. The lowest BCUT2D eigenvalue weighted by Gasteiger charge is -2.38. The molecule has 3 aliphatic rings. The molecule has 0 bridgehead atoms. The van der Waals surface area contributed by atoms with Gasteiger partial charge in [0.05, 0.1) is 11.6 Å². The van der Waals surface area contributed by atoms with Crippen LogP contribution in [0.5, 0.6) is 0 Å². The minimum absolute atomic E-state index is 0.445. The number of fused-ring (bicyclic) bond motifs is 1. The molecule has 2 aliphatic heterocycles. The molecule has 4 heteroatoms. The molecule has 122 valence electrons. The molecule has 2 heterocycles. The van der Waals surface area contributed by atoms with E-state index in [0.717, 1.165) is 43.9 Å². The molecule has 0 aromatic rings. The number of hydrogen-bond acceptors (Lipinski definition) is 4. The molecule has 0 amide bonds. The van der Waals surface area contributed by atoms with Crippen LogP contribution in [0.1, 0.15) is 25.7 Å². The first-order valence-corrected chi connectivity index (χ1v) is 9.54. The van der Waals surface area contributed by atoms with Gasteiger partial charge in [-0.15, -0.1) is 0 Å². The Labute approximate surface area is 138 Å². The molecule has 0 aromatic carbocycles. The van der Waals surface area contributed by atoms with E-state index >= 15 is 0 Å². The molecule has 1 unspecified atom stereocenters. The second kappa shape index (κ2) is 6.81. The van der Waals surface area contributed by atoms with Gasteiger partial charge in [0.15, 0.2) is 0 Å². The van der Waals surface area contributed by atoms with Gasteiger partial charge in [0.25, 0.3) is 0 Å². The molecule has 1 N–H and O–H groups in total. The van der Waals surface area contributed by atoms with Gasteiger partial charge in [-0.25, -0.2) is 0 Å². The Morgan fingerprint density at radius 2 is 2.09 bits per heavy atom. The van der Waals surface area contributed by atoms with Gasteiger partial charge in [-0.1, -0.05) is 12.2 Å². The molecule has 0 aromatic heterocycles. The Kier molecular flexibility index (Phi) is 5.00. The highest BCUT2D eigenvalue weighted by molar-refractivity contribution is 7.99. The number of hydrogen-bond donors (Lipinski definition) is 1. The summed E-state index contributed by atoms with van der Waals surface area (Å²) in [4.78, 5) is 4.70. The van der Waals surface area contributed by atoms with E-state index in [1.807, 2.05) is 11.8 Å². The van der Waals surface area contributed by atoms with Gasteiger partial charge in [-0.3, -0.25) is 0 Å². The van der Waals surface area contributed by atoms with Crippen molar-refractivity contribution < 1.29 is 5.11 Å². The first-order chi connectivity index (χ1) is 10.6. The molecule has 1 fully saturated rings. The lowest BCUT2D eigenvalue weighted by atomic mass is 9.80. The molecule has 0 saturated carbocycles. The Bertz CT molecular complexity index is 489. The topological polar surface area (TPSA) is 26.7 Å². The average Bonchev–Trinajstić information content (AvgIpc) is 2.90. The third kappa shape index (κ3) is 3.44. The first-order valence-electron chi connectivity index (χ1n) is 8.38. The zero-order valence-corrected chi connectivity index (χ0v) is 14.6. The third-order valence-corrected chi connectivity index (χ3v) is 6.06. The van der Waals surface area contributed by atoms with Crippen LogP contribution in [-0.4, -0.2) is 65.2 Å². The third-order valence-electron chi connectivity index (χ3n) is 5.07. The molecule has 1 atom stereocenters. The normalized spacial score (nSPS) is 26.9. The van der Waals surface area contributed by atoms with E-state index in [4.69, 9.17) is 0 Å². The van der Waals surface area contributed by atoms with Gasteiger partial charge in [-0.2, -0.15) is 11.8 Å². The fraction of sp³-hybridized carbons (Fsp3) is 0.667. The van der Waals surface area contributed by atoms with Gasteiger partial charge >= 0.3 is 0 Å². The van der Waals surface area contributed by atoms with Crippen LogP contribution in [-0.2, 0) is 0 Å². The van der Waals surface area contributed by atoms with Crippen molar-refractivity contribution in [2.75, 3.05) is 38.7 Å². The van der Waals surface area contributed by atoms with E-state index < -0.39 is 5.60 Å². The molecule has 1 aliphatic carbocycles. The average molecular weight is 321 g/mol. The summed E-state index contributed by atoms with van der Waals surface area (Å²) >= 11 is 1.96. The lowest BCUT2D eigenvalue weighted by molar-refractivity contribution is 0.0630. The van der Waals surface area contributed by atoms with Crippen molar-refractivity contribution in [2.45, 2.75) is 37.3 Å². The van der Waals surface area contributed by atoms with Crippen LogP contribution in [0, 0.1) is 0 Å². The smallest absolute Gasteiger partial charge is 0.0876 e. The summed E-state index contributed by atoms with van der Waals surface area (Å²) in [5.74, 6) is 2.17. The Morgan fingerprint density at radius 1 is 1.32 bits per heavy atom. The van der Waals surface area contributed by atoms with Crippen molar-refractivity contribution in [1.29, 1.82) is 0 Å². The zero-order chi connectivity index (χ0) is 15.6. The van der Waals surface area contributed by atoms with E-state index in [2.05, 4.69) is 48.3 Å². The van der Waals surface area contributed by atoms with Crippen molar-refractivity contribution in [1.82, 2.24) is 9.80 Å². The Balaban J connectivity index is 1.64. The minimum Gasteiger partial charge on any atom is -0.385 e. The first kappa shape index (κ1) is 16.2. The Morgan fingerprint density at radius 3 is 2.82 bits per heavy atom. The molecule has 3 rings (SSSR count). The van der Waals surface area contributed by atoms with Crippen LogP contribution in [0.4, 0.5) is 0 Å². The molecular weight excluding hydrogens is 292 g/mol. The van der Waals surface area contributed by atoms with Crippen LogP contribution < -0.4 is 0 Å². The standard InChI is InChI=1S/C18H28N2OS/c1-19(2)9-3-10-20-11-6-15-4-5-16(14-17(15)20)18(21)7-12-22-13-8-18/h4-6,11,17,21H,3,7-10,12-14H2,1-2H3. The Hall–Kier alpha value is -0.710. The fourth-order valence-electron chi connectivity index (χ4n) is 3.64. The van der Waals surface area contributed by atoms with Crippen molar-refractivity contribution in [3.05, 3.63) is 35.6 Å². The van der Waals surface area contributed by atoms with Crippen molar-refractivity contribution in [3.63, 3.8) is 0 Å². The van der Waals surface area contributed by atoms with Gasteiger partial charge < -0.3 is 14.9 Å². The highest BCUT2D eigenvalue weighted by Crippen LogP contribution is 2.40. The van der Waals surface area contributed by atoms with Gasteiger partial charge in [0, 0.05) is 6.54 Å². The van der Waals surface area contributed by atoms with E-state index in [1.54, 1.807) is 0 Å². The molecule has 3 nitrogen and oxygen atoms in total. The number of rotatable bonds is 5. The van der Waals surface area contributed by atoms with E-state index in [0.29, 0.717) is 6.04 Å². The molecule has 1 saturated heterocycles. The highest BCUT2D eigenvalue weighted by atomic mass is 32.2. The van der Waals surface area contributed by atoms with E-state index in [9.17, 15) is 5.11 Å². The quantitative estimate of drug-likeness (QED) is 0.842. The minimum atomic E-state index is -0.550.